The summed E-state index contributed by atoms with van der Waals surface area (Å²) in [6, 6.07) is 1.29. The van der Waals surface area contributed by atoms with Crippen LogP contribution in [0.3, 0.4) is 0 Å². The maximum atomic E-state index is 15.9. The molecule has 0 bridgehead atoms. The van der Waals surface area contributed by atoms with Crippen molar-refractivity contribution >= 4 is 22.9 Å². The van der Waals surface area contributed by atoms with Crippen LogP contribution in [0, 0.1) is 0 Å². The summed E-state index contributed by atoms with van der Waals surface area (Å²) in [6.45, 7) is 16.0. The van der Waals surface area contributed by atoms with Crippen LogP contribution in [-0.2, 0) is 17.7 Å². The van der Waals surface area contributed by atoms with E-state index in [4.69, 9.17) is 23.4 Å². The molecule has 2 aliphatic rings. The van der Waals surface area contributed by atoms with E-state index in [1.165, 1.54) is 12.3 Å². The van der Waals surface area contributed by atoms with Crippen LogP contribution in [0.2, 0.25) is 22.2 Å². The first-order chi connectivity index (χ1) is 15.2. The highest BCUT2D eigenvalue weighted by Gasteiger charge is 2.67. The molecule has 3 heterocycles. The predicted octanol–water partition coefficient (Wildman–Crippen LogP) is 4.31. The monoisotopic (exact) mass is 505 g/mol. The van der Waals surface area contributed by atoms with Gasteiger partial charge in [0.1, 0.15) is 18.0 Å². The van der Waals surface area contributed by atoms with Crippen molar-refractivity contribution in [3.05, 3.63) is 22.7 Å². The van der Waals surface area contributed by atoms with Gasteiger partial charge >= 0.3 is 28.7 Å². The number of halogens is 2. The molecule has 188 valence electrons. The second kappa shape index (κ2) is 9.12. The maximum Gasteiger partial charge on any atom is 0.351 e. The number of nitrogens with zero attached hydrogens (tertiary/aromatic N) is 2. The van der Waals surface area contributed by atoms with E-state index < -0.39 is 47.2 Å². The summed E-state index contributed by atoms with van der Waals surface area (Å²) in [4.78, 5) is 15.9. The Labute approximate surface area is 196 Å². The molecule has 1 aromatic heterocycles. The zero-order valence-corrected chi connectivity index (χ0v) is 22.7. The molecule has 3 rings (SSSR count). The van der Waals surface area contributed by atoms with E-state index in [-0.39, 0.29) is 34.6 Å². The van der Waals surface area contributed by atoms with Crippen LogP contribution in [-0.4, -0.2) is 51.4 Å². The number of nitrogens with two attached hydrogens (primary N) is 1. The molecule has 0 amide bonds. The number of anilines is 1. The minimum atomic E-state index is -3.52. The zero-order chi connectivity index (χ0) is 24.9. The number of rotatable bonds is 5. The Kier molecular flexibility index (Phi) is 7.30. The van der Waals surface area contributed by atoms with Crippen LogP contribution >= 0.6 is 0 Å². The van der Waals surface area contributed by atoms with Gasteiger partial charge in [-0.2, -0.15) is 13.8 Å². The summed E-state index contributed by atoms with van der Waals surface area (Å²) in [7, 11) is -6.15. The zero-order valence-electron chi connectivity index (χ0n) is 20.7. The molecule has 2 aliphatic heterocycles. The van der Waals surface area contributed by atoms with Crippen LogP contribution in [0.25, 0.3) is 0 Å². The van der Waals surface area contributed by atoms with E-state index in [0.29, 0.717) is 0 Å². The Hall–Kier alpha value is -1.19. The largest absolute Gasteiger partial charge is 0.414 e. The van der Waals surface area contributed by atoms with Gasteiger partial charge in [0.15, 0.2) is 0 Å². The van der Waals surface area contributed by atoms with Crippen LogP contribution in [0.5, 0.6) is 0 Å². The van der Waals surface area contributed by atoms with Gasteiger partial charge < -0.3 is 23.4 Å². The van der Waals surface area contributed by atoms with Crippen molar-refractivity contribution < 1.29 is 26.5 Å². The van der Waals surface area contributed by atoms with Crippen molar-refractivity contribution in [2.24, 2.45) is 0 Å². The van der Waals surface area contributed by atoms with E-state index in [9.17, 15) is 4.79 Å². The molecule has 0 aromatic carbocycles. The van der Waals surface area contributed by atoms with Crippen molar-refractivity contribution in [2.45, 2.75) is 102 Å². The first-order valence-electron chi connectivity index (χ1n) is 11.6. The molecule has 2 N–H and O–H groups in total. The Morgan fingerprint density at radius 1 is 1.06 bits per heavy atom. The van der Waals surface area contributed by atoms with Crippen molar-refractivity contribution in [1.29, 1.82) is 0 Å². The lowest BCUT2D eigenvalue weighted by molar-refractivity contribution is -0.140. The lowest BCUT2D eigenvalue weighted by Gasteiger charge is -2.51. The maximum absolute atomic E-state index is 15.9. The summed E-state index contributed by atoms with van der Waals surface area (Å²) in [6.07, 6.45) is -3.38. The number of fused-ring (bicyclic) bond motifs is 1. The second-order valence-electron chi connectivity index (χ2n) is 10.3. The molecule has 0 spiro atoms. The second-order valence-corrected chi connectivity index (χ2v) is 19.1. The molecule has 3 atom stereocenters. The van der Waals surface area contributed by atoms with Crippen molar-refractivity contribution in [1.82, 2.24) is 9.55 Å². The summed E-state index contributed by atoms with van der Waals surface area (Å²) in [5, 5.41) is 0. The fourth-order valence-electron chi connectivity index (χ4n) is 4.98. The highest BCUT2D eigenvalue weighted by Crippen LogP contribution is 2.52. The molecule has 8 nitrogen and oxygen atoms in total. The third-order valence-electron chi connectivity index (χ3n) is 6.78. The minimum absolute atomic E-state index is 0.0488. The lowest BCUT2D eigenvalue weighted by atomic mass is 10.1. The Morgan fingerprint density at radius 2 is 1.61 bits per heavy atom. The Bertz CT molecular complexity index is 896. The Balaban J connectivity index is 2.13. The van der Waals surface area contributed by atoms with E-state index >= 15 is 8.78 Å². The standard InChI is InChI=1S/C21H37F2N3O5Si2/c1-12(2)32(13(3)4)28-11-16-18(30-33(31-32,14(5)6)15(7)8)21(22,23)19(29-16)26-10-9-17(24)25-20(26)27/h9-10,12-16,18-19H,11H2,1-8H3,(H2,24,25,27)/t16-,18+,19-/m1/s1. The molecule has 33 heavy (non-hydrogen) atoms. The molecule has 0 unspecified atom stereocenters. The van der Waals surface area contributed by atoms with Gasteiger partial charge in [-0.25, -0.2) is 4.79 Å². The van der Waals surface area contributed by atoms with Gasteiger partial charge in [-0.1, -0.05) is 55.4 Å². The summed E-state index contributed by atoms with van der Waals surface area (Å²) >= 11 is 0. The van der Waals surface area contributed by atoms with E-state index in [0.717, 1.165) is 4.57 Å². The van der Waals surface area contributed by atoms with Crippen molar-refractivity contribution in [2.75, 3.05) is 12.3 Å². The first-order valence-corrected chi connectivity index (χ1v) is 15.5. The smallest absolute Gasteiger partial charge is 0.351 e. The number of nitrogen functional groups attached to an aromatic ring is 1. The average Bonchev–Trinajstić information content (AvgIpc) is 2.90. The molecule has 2 saturated heterocycles. The van der Waals surface area contributed by atoms with Gasteiger partial charge in [-0.15, -0.1) is 0 Å². The van der Waals surface area contributed by atoms with Crippen LogP contribution in [0.15, 0.2) is 17.1 Å². The third kappa shape index (κ3) is 4.34. The quantitative estimate of drug-likeness (QED) is 0.595. The predicted molar refractivity (Wildman–Crippen MR) is 126 cm³/mol. The third-order valence-corrected chi connectivity index (χ3v) is 17.0. The number of aromatic nitrogens is 2. The van der Waals surface area contributed by atoms with E-state index in [1.807, 2.05) is 27.7 Å². The molecule has 0 radical (unpaired) electrons. The first kappa shape index (κ1) is 26.4. The van der Waals surface area contributed by atoms with Gasteiger partial charge in [0.25, 0.3) is 0 Å². The number of hydrogen-bond donors (Lipinski definition) is 1. The fraction of sp³-hybridized carbons (Fsp3) is 0.810. The highest BCUT2D eigenvalue weighted by atomic mass is 28.5. The molecule has 0 aliphatic carbocycles. The minimum Gasteiger partial charge on any atom is -0.414 e. The number of alkyl halides is 2. The average molecular weight is 506 g/mol. The van der Waals surface area contributed by atoms with Crippen LogP contribution in [0.4, 0.5) is 14.6 Å². The normalized spacial score (nSPS) is 28.8. The summed E-state index contributed by atoms with van der Waals surface area (Å²) in [5.41, 5.74) is 4.55. The summed E-state index contributed by atoms with van der Waals surface area (Å²) < 4.78 is 58.2. The molecular weight excluding hydrogens is 468 g/mol. The number of ether oxygens (including phenoxy) is 1. The molecule has 1 aromatic rings. The van der Waals surface area contributed by atoms with Gasteiger partial charge in [0.05, 0.1) is 6.61 Å². The Morgan fingerprint density at radius 3 is 2.09 bits per heavy atom. The number of hydrogen-bond acceptors (Lipinski definition) is 7. The van der Waals surface area contributed by atoms with Crippen LogP contribution in [0.1, 0.15) is 61.6 Å². The van der Waals surface area contributed by atoms with Gasteiger partial charge in [-0.3, -0.25) is 4.57 Å². The fourth-order valence-corrected chi connectivity index (χ4v) is 16.2. The molecule has 2 fully saturated rings. The summed E-state index contributed by atoms with van der Waals surface area (Å²) in [5.74, 6) is -3.56. The van der Waals surface area contributed by atoms with Gasteiger partial charge in [-0.05, 0) is 28.2 Å². The van der Waals surface area contributed by atoms with Gasteiger partial charge in [0.2, 0.25) is 6.23 Å². The topological polar surface area (TPSA) is 97.8 Å². The lowest BCUT2D eigenvalue weighted by Crippen LogP contribution is -2.66. The highest BCUT2D eigenvalue weighted by molar-refractivity contribution is 6.84. The van der Waals surface area contributed by atoms with Crippen molar-refractivity contribution in [3.63, 3.8) is 0 Å². The van der Waals surface area contributed by atoms with E-state index in [1.54, 1.807) is 0 Å². The SMILES string of the molecule is CC(C)[Si]1(C(C)C)OC[C@H]2O[C@@H](n3ccc(N)nc3=O)C(F)(F)[C@H]2O[Si](C(C)C)(C(C)C)O1. The van der Waals surface area contributed by atoms with Crippen LogP contribution < -0.4 is 11.4 Å². The van der Waals surface area contributed by atoms with E-state index in [2.05, 4.69) is 32.7 Å². The van der Waals surface area contributed by atoms with Gasteiger partial charge in [0, 0.05) is 6.20 Å². The molecular formula is C21H37F2N3O5Si2. The van der Waals surface area contributed by atoms with Crippen molar-refractivity contribution in [3.8, 4) is 0 Å². The molecule has 0 saturated carbocycles. The molecule has 12 heteroatoms.